The van der Waals surface area contributed by atoms with Gasteiger partial charge in [0, 0.05) is 19.2 Å². The Morgan fingerprint density at radius 2 is 2.14 bits per heavy atom. The fraction of sp³-hybridized carbons (Fsp3) is 0.333. The number of hydrogen-bond donors (Lipinski definition) is 1. The third kappa shape index (κ3) is 3.59. The van der Waals surface area contributed by atoms with E-state index in [1.54, 1.807) is 11.6 Å². The van der Waals surface area contributed by atoms with Crippen LogP contribution in [0.15, 0.2) is 24.3 Å². The van der Waals surface area contributed by atoms with Crippen LogP contribution >= 0.6 is 12.2 Å². The van der Waals surface area contributed by atoms with Crippen LogP contribution in [0.5, 0.6) is 0 Å². The van der Waals surface area contributed by atoms with Gasteiger partial charge < -0.3 is 4.90 Å². The molecule has 1 aromatic carbocycles. The molecule has 0 spiro atoms. The van der Waals surface area contributed by atoms with Crippen LogP contribution in [0.4, 0.5) is 0 Å². The van der Waals surface area contributed by atoms with Gasteiger partial charge in [0.05, 0.1) is 12.5 Å². The molecular formula is C15H17N5OS. The van der Waals surface area contributed by atoms with E-state index in [-0.39, 0.29) is 12.5 Å². The fourth-order valence-electron chi connectivity index (χ4n) is 1.99. The molecule has 0 aliphatic rings. The van der Waals surface area contributed by atoms with E-state index in [2.05, 4.69) is 10.2 Å². The minimum atomic E-state index is -0.110. The summed E-state index contributed by atoms with van der Waals surface area (Å²) in [5.74, 6) is 0.521. The number of aryl methyl sites for hydroxylation is 1. The highest BCUT2D eigenvalue weighted by Gasteiger charge is 2.15. The molecule has 0 radical (unpaired) electrons. The lowest BCUT2D eigenvalue weighted by Gasteiger charge is -2.16. The summed E-state index contributed by atoms with van der Waals surface area (Å²) in [7, 11) is 1.68. The zero-order chi connectivity index (χ0) is 16.1. The number of amides is 1. The maximum Gasteiger partial charge on any atom is 0.242 e. The van der Waals surface area contributed by atoms with E-state index in [0.717, 1.165) is 11.1 Å². The lowest BCUT2D eigenvalue weighted by molar-refractivity contribution is -0.130. The van der Waals surface area contributed by atoms with Gasteiger partial charge in [-0.2, -0.15) is 10.4 Å². The Balaban J connectivity index is 2.23. The highest BCUT2D eigenvalue weighted by atomic mass is 32.1. The van der Waals surface area contributed by atoms with Gasteiger partial charge in [-0.25, -0.2) is 0 Å². The summed E-state index contributed by atoms with van der Waals surface area (Å²) in [6.07, 6.45) is 0.309. The topological polar surface area (TPSA) is 77.7 Å². The summed E-state index contributed by atoms with van der Waals surface area (Å²) >= 11 is 5.21. The summed E-state index contributed by atoms with van der Waals surface area (Å²) in [6.45, 7) is 2.51. The zero-order valence-corrected chi connectivity index (χ0v) is 13.4. The third-order valence-corrected chi connectivity index (χ3v) is 3.66. The van der Waals surface area contributed by atoms with E-state index in [4.69, 9.17) is 17.5 Å². The second-order valence-corrected chi connectivity index (χ2v) is 5.41. The van der Waals surface area contributed by atoms with Gasteiger partial charge in [0.25, 0.3) is 0 Å². The van der Waals surface area contributed by atoms with E-state index in [1.807, 2.05) is 37.3 Å². The van der Waals surface area contributed by atoms with E-state index in [0.29, 0.717) is 23.6 Å². The summed E-state index contributed by atoms with van der Waals surface area (Å²) in [5, 5.41) is 15.5. The van der Waals surface area contributed by atoms with Gasteiger partial charge in [0.2, 0.25) is 5.91 Å². The van der Waals surface area contributed by atoms with Crippen LogP contribution in [0, 0.1) is 23.0 Å². The average Bonchev–Trinajstić information content (AvgIpc) is 2.86. The first kappa shape index (κ1) is 15.9. The van der Waals surface area contributed by atoms with Gasteiger partial charge in [-0.3, -0.25) is 14.5 Å². The molecule has 114 valence electrons. The number of aromatic amines is 1. The number of H-pyrrole nitrogens is 1. The number of carbonyl (C=O) groups is 1. The molecule has 7 heteroatoms. The number of benzene rings is 1. The van der Waals surface area contributed by atoms with Gasteiger partial charge in [0.15, 0.2) is 10.6 Å². The number of likely N-dealkylation sites (N-methyl/N-ethyl adjacent to an activating group) is 1. The predicted molar refractivity (Wildman–Crippen MR) is 85.5 cm³/mol. The van der Waals surface area contributed by atoms with Crippen LogP contribution < -0.4 is 0 Å². The van der Waals surface area contributed by atoms with Crippen molar-refractivity contribution >= 4 is 18.1 Å². The van der Waals surface area contributed by atoms with Crippen molar-refractivity contribution in [1.29, 1.82) is 5.26 Å². The summed E-state index contributed by atoms with van der Waals surface area (Å²) in [6, 6.07) is 9.89. The molecule has 1 N–H and O–H groups in total. The first-order chi connectivity index (χ1) is 10.5. The summed E-state index contributed by atoms with van der Waals surface area (Å²) in [4.78, 5) is 13.7. The highest BCUT2D eigenvalue weighted by Crippen LogP contribution is 2.18. The molecule has 2 aromatic rings. The molecule has 0 bridgehead atoms. The van der Waals surface area contributed by atoms with Gasteiger partial charge in [0.1, 0.15) is 6.54 Å². The second kappa shape index (κ2) is 7.00. The molecule has 1 amide bonds. The van der Waals surface area contributed by atoms with Crippen molar-refractivity contribution in [3.8, 4) is 17.5 Å². The van der Waals surface area contributed by atoms with Crippen LogP contribution in [0.2, 0.25) is 0 Å². The van der Waals surface area contributed by atoms with Gasteiger partial charge in [-0.05, 0) is 19.1 Å². The van der Waals surface area contributed by atoms with Crippen LogP contribution in [-0.2, 0) is 11.3 Å². The van der Waals surface area contributed by atoms with Crippen LogP contribution in [-0.4, -0.2) is 39.2 Å². The van der Waals surface area contributed by atoms with E-state index in [1.165, 1.54) is 4.90 Å². The first-order valence-corrected chi connectivity index (χ1v) is 7.27. The van der Waals surface area contributed by atoms with Crippen molar-refractivity contribution in [3.63, 3.8) is 0 Å². The van der Waals surface area contributed by atoms with Crippen LogP contribution in [0.25, 0.3) is 11.4 Å². The van der Waals surface area contributed by atoms with Gasteiger partial charge in [-0.15, -0.1) is 0 Å². The number of carbonyl (C=O) groups excluding carboxylic acids is 1. The minimum absolute atomic E-state index is 0.0977. The van der Waals surface area contributed by atoms with Crippen molar-refractivity contribution in [2.24, 2.45) is 0 Å². The Morgan fingerprint density at radius 1 is 1.45 bits per heavy atom. The molecule has 1 heterocycles. The maximum atomic E-state index is 12.2. The third-order valence-electron chi connectivity index (χ3n) is 3.35. The summed E-state index contributed by atoms with van der Waals surface area (Å²) in [5.41, 5.74) is 2.04. The molecule has 0 aliphatic carbocycles. The second-order valence-electron chi connectivity index (χ2n) is 5.03. The maximum absolute atomic E-state index is 12.2. The fourth-order valence-corrected chi connectivity index (χ4v) is 2.18. The average molecular weight is 315 g/mol. The Labute approximate surface area is 134 Å². The minimum Gasteiger partial charge on any atom is -0.343 e. The van der Waals surface area contributed by atoms with Crippen molar-refractivity contribution in [2.45, 2.75) is 19.9 Å². The summed E-state index contributed by atoms with van der Waals surface area (Å²) < 4.78 is 2.07. The zero-order valence-electron chi connectivity index (χ0n) is 12.5. The lowest BCUT2D eigenvalue weighted by Crippen LogP contribution is -2.31. The molecule has 6 nitrogen and oxygen atoms in total. The number of aromatic nitrogens is 3. The standard InChI is InChI=1S/C15H17N5OS/c1-11-4-6-12(7-5-11)14-17-18-15(22)20(14)10-13(21)19(2)9-3-8-16/h4-7H,3,9-10H2,1-2H3,(H,18,22). The Kier molecular flexibility index (Phi) is 5.07. The highest BCUT2D eigenvalue weighted by molar-refractivity contribution is 7.71. The lowest BCUT2D eigenvalue weighted by atomic mass is 10.1. The quantitative estimate of drug-likeness (QED) is 0.859. The van der Waals surface area contributed by atoms with E-state index in [9.17, 15) is 4.79 Å². The number of rotatable bonds is 5. The number of nitriles is 1. The Bertz CT molecular complexity index is 753. The number of nitrogens with zero attached hydrogens (tertiary/aromatic N) is 4. The van der Waals surface area contributed by atoms with Crippen LogP contribution in [0.3, 0.4) is 0 Å². The SMILES string of the molecule is Cc1ccc(-c2n[nH]c(=S)n2CC(=O)N(C)CCC#N)cc1. The molecule has 1 aromatic heterocycles. The van der Waals surface area contributed by atoms with Gasteiger partial charge >= 0.3 is 0 Å². The molecule has 0 aliphatic heterocycles. The van der Waals surface area contributed by atoms with Crippen molar-refractivity contribution in [2.75, 3.05) is 13.6 Å². The molecule has 22 heavy (non-hydrogen) atoms. The number of hydrogen-bond acceptors (Lipinski definition) is 4. The first-order valence-electron chi connectivity index (χ1n) is 6.86. The van der Waals surface area contributed by atoms with Crippen molar-refractivity contribution in [1.82, 2.24) is 19.7 Å². The molecule has 0 saturated heterocycles. The van der Waals surface area contributed by atoms with Crippen LogP contribution in [0.1, 0.15) is 12.0 Å². The monoisotopic (exact) mass is 315 g/mol. The molecule has 0 unspecified atom stereocenters. The Hall–Kier alpha value is -2.46. The predicted octanol–water partition coefficient (Wildman–Crippen LogP) is 2.29. The Morgan fingerprint density at radius 3 is 2.77 bits per heavy atom. The van der Waals surface area contributed by atoms with E-state index >= 15 is 0 Å². The molecule has 0 fully saturated rings. The van der Waals surface area contributed by atoms with Crippen molar-refractivity contribution in [3.05, 3.63) is 34.6 Å². The number of nitrogens with one attached hydrogen (secondary N) is 1. The largest absolute Gasteiger partial charge is 0.343 e. The molecular weight excluding hydrogens is 298 g/mol. The molecule has 2 rings (SSSR count). The van der Waals surface area contributed by atoms with Gasteiger partial charge in [-0.1, -0.05) is 29.8 Å². The molecule has 0 atom stereocenters. The normalized spacial score (nSPS) is 10.2. The van der Waals surface area contributed by atoms with Crippen molar-refractivity contribution < 1.29 is 4.79 Å². The smallest absolute Gasteiger partial charge is 0.242 e. The van der Waals surface area contributed by atoms with E-state index < -0.39 is 0 Å². The molecule has 0 saturated carbocycles.